The molecule has 0 amide bonds. The van der Waals surface area contributed by atoms with E-state index in [1.54, 1.807) is 11.8 Å². The lowest BCUT2D eigenvalue weighted by molar-refractivity contribution is 0.661. The second-order valence-electron chi connectivity index (χ2n) is 3.65. The number of nitrogens with zero attached hydrogens (tertiary/aromatic N) is 2. The second-order valence-corrected chi connectivity index (χ2v) is 4.64. The maximum atomic E-state index is 4.37. The fourth-order valence-electron chi connectivity index (χ4n) is 1.54. The van der Waals surface area contributed by atoms with Gasteiger partial charge >= 0.3 is 0 Å². The Labute approximate surface area is 88.7 Å². The van der Waals surface area contributed by atoms with E-state index in [0.717, 1.165) is 29.1 Å². The molecule has 0 spiro atoms. The largest absolute Gasteiger partial charge is 0.316 e. The summed E-state index contributed by atoms with van der Waals surface area (Å²) in [7, 11) is 0. The smallest absolute Gasteiger partial charge is 0.187 e. The zero-order valence-electron chi connectivity index (χ0n) is 8.36. The molecular weight excluding hydrogens is 194 g/mol. The molecule has 4 heteroatoms. The van der Waals surface area contributed by atoms with Crippen molar-refractivity contribution < 1.29 is 0 Å². The molecule has 1 N–H and O–H groups in total. The van der Waals surface area contributed by atoms with Crippen molar-refractivity contribution in [2.75, 3.05) is 18.8 Å². The maximum Gasteiger partial charge on any atom is 0.187 e. The molecule has 0 unspecified atom stereocenters. The molecule has 0 bridgehead atoms. The summed E-state index contributed by atoms with van der Waals surface area (Å²) in [4.78, 5) is 8.60. The molecule has 1 atom stereocenters. The van der Waals surface area contributed by atoms with E-state index >= 15 is 0 Å². The van der Waals surface area contributed by atoms with Gasteiger partial charge in [-0.05, 0) is 38.4 Å². The Balaban J connectivity index is 1.85. The topological polar surface area (TPSA) is 37.8 Å². The molecule has 76 valence electrons. The zero-order chi connectivity index (χ0) is 9.80. The van der Waals surface area contributed by atoms with Crippen molar-refractivity contribution in [3.05, 3.63) is 18.0 Å². The van der Waals surface area contributed by atoms with Crippen molar-refractivity contribution in [3.63, 3.8) is 0 Å². The van der Waals surface area contributed by atoms with Gasteiger partial charge in [0, 0.05) is 17.6 Å². The predicted molar refractivity (Wildman–Crippen MR) is 58.5 cm³/mol. The number of hydrogen-bond donors (Lipinski definition) is 1. The van der Waals surface area contributed by atoms with Crippen molar-refractivity contribution >= 4 is 11.8 Å². The third-order valence-electron chi connectivity index (χ3n) is 2.38. The number of thioether (sulfide) groups is 1. The summed E-state index contributed by atoms with van der Waals surface area (Å²) in [6.07, 6.45) is 3.12. The van der Waals surface area contributed by atoms with E-state index in [0.29, 0.717) is 0 Å². The van der Waals surface area contributed by atoms with Crippen LogP contribution in [0.1, 0.15) is 12.1 Å². The van der Waals surface area contributed by atoms with Gasteiger partial charge in [-0.1, -0.05) is 11.8 Å². The van der Waals surface area contributed by atoms with E-state index in [1.807, 2.05) is 19.2 Å². The predicted octanol–water partition coefficient (Wildman–Crippen LogP) is 1.49. The Kier molecular flexibility index (Phi) is 3.37. The summed E-state index contributed by atoms with van der Waals surface area (Å²) < 4.78 is 0. The highest BCUT2D eigenvalue weighted by molar-refractivity contribution is 7.99. The van der Waals surface area contributed by atoms with Gasteiger partial charge in [-0.2, -0.15) is 0 Å². The average Bonchev–Trinajstić information content (AvgIpc) is 2.67. The number of hydrogen-bond acceptors (Lipinski definition) is 4. The Hall–Kier alpha value is -0.610. The molecule has 0 saturated carbocycles. The average molecular weight is 209 g/mol. The highest BCUT2D eigenvalue weighted by Gasteiger charge is 2.14. The van der Waals surface area contributed by atoms with Gasteiger partial charge in [0.2, 0.25) is 0 Å². The second kappa shape index (κ2) is 4.75. The molecule has 0 radical (unpaired) electrons. The van der Waals surface area contributed by atoms with Crippen LogP contribution < -0.4 is 5.32 Å². The highest BCUT2D eigenvalue weighted by atomic mass is 32.2. The van der Waals surface area contributed by atoms with Crippen LogP contribution in [0.2, 0.25) is 0 Å². The van der Waals surface area contributed by atoms with E-state index in [9.17, 15) is 0 Å². The molecule has 1 aromatic rings. The third kappa shape index (κ3) is 2.69. The summed E-state index contributed by atoms with van der Waals surface area (Å²) in [5.74, 6) is 1.93. The van der Waals surface area contributed by atoms with Crippen LogP contribution in [-0.2, 0) is 0 Å². The summed E-state index contributed by atoms with van der Waals surface area (Å²) in [6.45, 7) is 4.32. The monoisotopic (exact) mass is 209 g/mol. The van der Waals surface area contributed by atoms with Crippen LogP contribution in [-0.4, -0.2) is 28.8 Å². The van der Waals surface area contributed by atoms with E-state index in [2.05, 4.69) is 15.3 Å². The Morgan fingerprint density at radius 2 is 2.57 bits per heavy atom. The molecule has 3 nitrogen and oxygen atoms in total. The Morgan fingerprint density at radius 1 is 1.64 bits per heavy atom. The maximum absolute atomic E-state index is 4.37. The molecule has 0 aliphatic carbocycles. The minimum atomic E-state index is 0.795. The summed E-state index contributed by atoms with van der Waals surface area (Å²) in [5.41, 5.74) is 1.05. The lowest BCUT2D eigenvalue weighted by Gasteiger charge is -2.06. The van der Waals surface area contributed by atoms with Gasteiger partial charge in [-0.3, -0.25) is 0 Å². The normalized spacial score (nSPS) is 21.4. The standard InChI is InChI=1S/C10H15N3S/c1-8-2-5-12-10(13-8)14-7-9-3-4-11-6-9/h2,5,9,11H,3-4,6-7H2,1H3/t9-/m1/s1. The van der Waals surface area contributed by atoms with Gasteiger partial charge < -0.3 is 5.32 Å². The molecule has 1 aliphatic rings. The van der Waals surface area contributed by atoms with Crippen LogP contribution in [0, 0.1) is 12.8 Å². The van der Waals surface area contributed by atoms with Gasteiger partial charge in [0.05, 0.1) is 0 Å². The molecular formula is C10H15N3S. The van der Waals surface area contributed by atoms with Gasteiger partial charge in [0.25, 0.3) is 0 Å². The van der Waals surface area contributed by atoms with Crippen molar-refractivity contribution in [2.24, 2.45) is 5.92 Å². The fourth-order valence-corrected chi connectivity index (χ4v) is 2.56. The Morgan fingerprint density at radius 3 is 3.29 bits per heavy atom. The number of rotatable bonds is 3. The van der Waals surface area contributed by atoms with E-state index < -0.39 is 0 Å². The van der Waals surface area contributed by atoms with Gasteiger partial charge in [-0.25, -0.2) is 9.97 Å². The SMILES string of the molecule is Cc1ccnc(SC[C@@H]2CCNC2)n1. The number of aryl methyl sites for hydroxylation is 1. The molecule has 2 rings (SSSR count). The van der Waals surface area contributed by atoms with E-state index in [-0.39, 0.29) is 0 Å². The van der Waals surface area contributed by atoms with Crippen LogP contribution in [0.15, 0.2) is 17.4 Å². The molecule has 2 heterocycles. The van der Waals surface area contributed by atoms with Gasteiger partial charge in [0.15, 0.2) is 5.16 Å². The van der Waals surface area contributed by atoms with Crippen LogP contribution in [0.25, 0.3) is 0 Å². The minimum absolute atomic E-state index is 0.795. The molecule has 1 aromatic heterocycles. The van der Waals surface area contributed by atoms with Crippen LogP contribution in [0.5, 0.6) is 0 Å². The zero-order valence-corrected chi connectivity index (χ0v) is 9.18. The van der Waals surface area contributed by atoms with E-state index in [4.69, 9.17) is 0 Å². The highest BCUT2D eigenvalue weighted by Crippen LogP contribution is 2.19. The van der Waals surface area contributed by atoms with Crippen molar-refractivity contribution in [1.29, 1.82) is 0 Å². The first-order valence-electron chi connectivity index (χ1n) is 4.98. The van der Waals surface area contributed by atoms with E-state index in [1.165, 1.54) is 13.0 Å². The number of aromatic nitrogens is 2. The first-order chi connectivity index (χ1) is 6.84. The lowest BCUT2D eigenvalue weighted by atomic mass is 10.2. The molecule has 1 saturated heterocycles. The molecule has 1 aliphatic heterocycles. The van der Waals surface area contributed by atoms with Crippen molar-refractivity contribution in [2.45, 2.75) is 18.5 Å². The van der Waals surface area contributed by atoms with Crippen molar-refractivity contribution in [3.8, 4) is 0 Å². The molecule has 1 fully saturated rings. The van der Waals surface area contributed by atoms with Crippen LogP contribution >= 0.6 is 11.8 Å². The first-order valence-corrected chi connectivity index (χ1v) is 5.96. The summed E-state index contributed by atoms with van der Waals surface area (Å²) in [5, 5.41) is 4.28. The summed E-state index contributed by atoms with van der Waals surface area (Å²) in [6, 6.07) is 1.93. The fraction of sp³-hybridized carbons (Fsp3) is 0.600. The van der Waals surface area contributed by atoms with Crippen LogP contribution in [0.3, 0.4) is 0 Å². The van der Waals surface area contributed by atoms with Gasteiger partial charge in [-0.15, -0.1) is 0 Å². The lowest BCUT2D eigenvalue weighted by Crippen LogP contribution is -2.10. The Bertz CT molecular complexity index is 297. The van der Waals surface area contributed by atoms with Crippen LogP contribution in [0.4, 0.5) is 0 Å². The van der Waals surface area contributed by atoms with Crippen molar-refractivity contribution in [1.82, 2.24) is 15.3 Å². The minimum Gasteiger partial charge on any atom is -0.316 e. The first kappa shape index (κ1) is 9.93. The number of nitrogens with one attached hydrogen (secondary N) is 1. The molecule has 14 heavy (non-hydrogen) atoms. The molecule has 0 aromatic carbocycles. The van der Waals surface area contributed by atoms with Gasteiger partial charge in [0.1, 0.15) is 0 Å². The summed E-state index contributed by atoms with van der Waals surface area (Å²) >= 11 is 1.77. The third-order valence-corrected chi connectivity index (χ3v) is 3.48. The quantitative estimate of drug-likeness (QED) is 0.604.